The largest absolute Gasteiger partial charge is 0.493 e. The Labute approximate surface area is 192 Å². The molecule has 1 atom stereocenters. The molecule has 7 nitrogen and oxygen atoms in total. The van der Waals surface area contributed by atoms with Crippen molar-refractivity contribution in [3.8, 4) is 11.5 Å². The smallest absolute Gasteiger partial charge is 0.319 e. The number of amides is 2. The normalized spacial score (nSPS) is 15.2. The molecule has 9 heteroatoms. The Morgan fingerprint density at radius 1 is 1.13 bits per heavy atom. The summed E-state index contributed by atoms with van der Waals surface area (Å²) in [7, 11) is 1.62. The van der Waals surface area contributed by atoms with Crippen LogP contribution in [0.4, 0.5) is 10.5 Å². The van der Waals surface area contributed by atoms with Crippen molar-refractivity contribution in [2.24, 2.45) is 0 Å². The van der Waals surface area contributed by atoms with Gasteiger partial charge >= 0.3 is 6.03 Å². The number of hydrogen-bond donors (Lipinski definition) is 2. The van der Waals surface area contributed by atoms with E-state index in [0.717, 1.165) is 18.7 Å². The molecule has 2 amide bonds. The fourth-order valence-corrected chi connectivity index (χ4v) is 3.75. The zero-order valence-corrected chi connectivity index (χ0v) is 19.1. The van der Waals surface area contributed by atoms with Crippen molar-refractivity contribution >= 4 is 34.9 Å². The van der Waals surface area contributed by atoms with Crippen molar-refractivity contribution in [2.45, 2.75) is 13.0 Å². The van der Waals surface area contributed by atoms with E-state index in [0.29, 0.717) is 53.6 Å². The third kappa shape index (κ3) is 6.40. The molecular formula is C22H27Cl2N3O4. The van der Waals surface area contributed by atoms with Crippen molar-refractivity contribution < 1.29 is 19.0 Å². The second-order valence-corrected chi connectivity index (χ2v) is 7.79. The number of nitrogens with one attached hydrogen (secondary N) is 2. The summed E-state index contributed by atoms with van der Waals surface area (Å²) in [6.45, 7) is 5.75. The molecule has 1 fully saturated rings. The molecule has 0 bridgehead atoms. The number of morpholine rings is 1. The fourth-order valence-electron chi connectivity index (χ4n) is 3.45. The van der Waals surface area contributed by atoms with Gasteiger partial charge in [-0.25, -0.2) is 4.79 Å². The molecule has 3 rings (SSSR count). The van der Waals surface area contributed by atoms with E-state index in [2.05, 4.69) is 15.5 Å². The molecule has 1 unspecified atom stereocenters. The molecule has 168 valence electrons. The average molecular weight is 468 g/mol. The number of ether oxygens (including phenoxy) is 3. The Bertz CT molecular complexity index is 891. The number of carbonyl (C=O) groups excluding carboxylic acids is 1. The molecule has 0 saturated carbocycles. The van der Waals surface area contributed by atoms with Gasteiger partial charge in [-0.2, -0.15) is 0 Å². The Kier molecular flexibility index (Phi) is 8.66. The number of benzene rings is 2. The highest BCUT2D eigenvalue weighted by atomic mass is 35.5. The van der Waals surface area contributed by atoms with Crippen LogP contribution >= 0.6 is 23.2 Å². The summed E-state index contributed by atoms with van der Waals surface area (Å²) >= 11 is 12.0. The van der Waals surface area contributed by atoms with Gasteiger partial charge in [0.2, 0.25) is 0 Å². The second-order valence-electron chi connectivity index (χ2n) is 6.97. The number of hydrogen-bond acceptors (Lipinski definition) is 5. The minimum absolute atomic E-state index is 0.0481. The summed E-state index contributed by atoms with van der Waals surface area (Å²) in [5.41, 5.74) is 1.59. The van der Waals surface area contributed by atoms with E-state index in [-0.39, 0.29) is 12.1 Å². The maximum absolute atomic E-state index is 12.5. The highest BCUT2D eigenvalue weighted by Crippen LogP contribution is 2.32. The Balaban J connectivity index is 1.73. The fraction of sp³-hybridized carbons (Fsp3) is 0.409. The van der Waals surface area contributed by atoms with Crippen LogP contribution in [-0.4, -0.2) is 57.5 Å². The first-order chi connectivity index (χ1) is 15.0. The van der Waals surface area contributed by atoms with E-state index in [1.54, 1.807) is 25.3 Å². The van der Waals surface area contributed by atoms with E-state index < -0.39 is 0 Å². The van der Waals surface area contributed by atoms with Gasteiger partial charge in [-0.05, 0) is 42.8 Å². The lowest BCUT2D eigenvalue weighted by Crippen LogP contribution is -2.44. The summed E-state index contributed by atoms with van der Waals surface area (Å²) in [4.78, 5) is 14.8. The molecule has 1 heterocycles. The molecule has 0 aromatic heterocycles. The van der Waals surface area contributed by atoms with E-state index >= 15 is 0 Å². The SMILES string of the molecule is CCOc1ccc(C(CNC(=O)Nc2ccc(Cl)c(Cl)c2)N2CCOCC2)cc1OC. The topological polar surface area (TPSA) is 72.1 Å². The first-order valence-electron chi connectivity index (χ1n) is 10.1. The van der Waals surface area contributed by atoms with Gasteiger partial charge in [-0.3, -0.25) is 4.90 Å². The maximum atomic E-state index is 12.5. The van der Waals surface area contributed by atoms with Crippen LogP contribution in [-0.2, 0) is 4.74 Å². The third-order valence-electron chi connectivity index (χ3n) is 4.99. The lowest BCUT2D eigenvalue weighted by Gasteiger charge is -2.35. The lowest BCUT2D eigenvalue weighted by atomic mass is 10.0. The molecule has 0 spiro atoms. The number of urea groups is 1. The summed E-state index contributed by atoms with van der Waals surface area (Å²) in [5, 5.41) is 6.56. The van der Waals surface area contributed by atoms with E-state index in [1.165, 1.54) is 0 Å². The molecule has 2 N–H and O–H groups in total. The second kappa shape index (κ2) is 11.4. The van der Waals surface area contributed by atoms with Gasteiger partial charge in [0, 0.05) is 25.3 Å². The van der Waals surface area contributed by atoms with Crippen molar-refractivity contribution in [3.05, 3.63) is 52.0 Å². The predicted octanol–water partition coefficient (Wildman–Crippen LogP) is 4.60. The predicted molar refractivity (Wildman–Crippen MR) is 123 cm³/mol. The number of methoxy groups -OCH3 is 1. The van der Waals surface area contributed by atoms with Gasteiger partial charge in [0.25, 0.3) is 0 Å². The lowest BCUT2D eigenvalue weighted by molar-refractivity contribution is 0.0167. The van der Waals surface area contributed by atoms with Crippen LogP contribution in [0.1, 0.15) is 18.5 Å². The number of rotatable bonds is 8. The highest BCUT2D eigenvalue weighted by Gasteiger charge is 2.24. The summed E-state index contributed by atoms with van der Waals surface area (Å²) in [6, 6.07) is 10.5. The number of carbonyl (C=O) groups is 1. The molecule has 1 aliphatic heterocycles. The molecule has 0 radical (unpaired) electrons. The Hall–Kier alpha value is -2.19. The standard InChI is InChI=1S/C22H27Cl2N3O4/c1-3-31-20-7-4-15(12-21(20)29-2)19(27-8-10-30-11-9-27)14-25-22(28)26-16-5-6-17(23)18(24)13-16/h4-7,12-13,19H,3,8-11,14H2,1-2H3,(H2,25,26,28). The van der Waals surface area contributed by atoms with Gasteiger partial charge in [-0.1, -0.05) is 29.3 Å². The molecule has 1 saturated heterocycles. The van der Waals surface area contributed by atoms with Crippen LogP contribution in [0, 0.1) is 0 Å². The minimum Gasteiger partial charge on any atom is -0.493 e. The maximum Gasteiger partial charge on any atom is 0.319 e. The molecule has 31 heavy (non-hydrogen) atoms. The number of anilines is 1. The first-order valence-corrected chi connectivity index (χ1v) is 10.9. The van der Waals surface area contributed by atoms with Gasteiger partial charge in [0.15, 0.2) is 11.5 Å². The Morgan fingerprint density at radius 3 is 2.58 bits per heavy atom. The highest BCUT2D eigenvalue weighted by molar-refractivity contribution is 6.42. The number of nitrogens with zero attached hydrogens (tertiary/aromatic N) is 1. The van der Waals surface area contributed by atoms with E-state index in [9.17, 15) is 4.79 Å². The van der Waals surface area contributed by atoms with Crippen LogP contribution in [0.25, 0.3) is 0 Å². The van der Waals surface area contributed by atoms with Crippen LogP contribution in [0.5, 0.6) is 11.5 Å². The van der Waals surface area contributed by atoms with E-state index in [1.807, 2.05) is 25.1 Å². The summed E-state index contributed by atoms with van der Waals surface area (Å²) in [6.07, 6.45) is 0. The van der Waals surface area contributed by atoms with Crippen molar-refractivity contribution in [2.75, 3.05) is 51.9 Å². The quantitative estimate of drug-likeness (QED) is 0.593. The zero-order valence-electron chi connectivity index (χ0n) is 17.6. The first kappa shape index (κ1) is 23.5. The van der Waals surface area contributed by atoms with Crippen LogP contribution in [0.2, 0.25) is 10.0 Å². The molecule has 2 aromatic carbocycles. The van der Waals surface area contributed by atoms with Crippen LogP contribution in [0.3, 0.4) is 0 Å². The molecular weight excluding hydrogens is 441 g/mol. The van der Waals surface area contributed by atoms with Crippen molar-refractivity contribution in [3.63, 3.8) is 0 Å². The van der Waals surface area contributed by atoms with Gasteiger partial charge in [0.1, 0.15) is 0 Å². The van der Waals surface area contributed by atoms with Crippen molar-refractivity contribution in [1.82, 2.24) is 10.2 Å². The van der Waals surface area contributed by atoms with Crippen LogP contribution < -0.4 is 20.1 Å². The van der Waals surface area contributed by atoms with E-state index in [4.69, 9.17) is 37.4 Å². The number of halogens is 2. The summed E-state index contributed by atoms with van der Waals surface area (Å²) in [5.74, 6) is 1.36. The molecule has 1 aliphatic rings. The summed E-state index contributed by atoms with van der Waals surface area (Å²) < 4.78 is 16.6. The zero-order chi connectivity index (χ0) is 22.2. The monoisotopic (exact) mass is 467 g/mol. The van der Waals surface area contributed by atoms with Crippen molar-refractivity contribution in [1.29, 1.82) is 0 Å². The van der Waals surface area contributed by atoms with Gasteiger partial charge < -0.3 is 24.8 Å². The Morgan fingerprint density at radius 2 is 1.90 bits per heavy atom. The van der Waals surface area contributed by atoms with Gasteiger partial charge in [-0.15, -0.1) is 0 Å². The molecule has 0 aliphatic carbocycles. The van der Waals surface area contributed by atoms with Gasteiger partial charge in [0.05, 0.1) is 43.0 Å². The van der Waals surface area contributed by atoms with Crippen LogP contribution in [0.15, 0.2) is 36.4 Å². The third-order valence-corrected chi connectivity index (χ3v) is 5.73. The minimum atomic E-state index is -0.324. The average Bonchev–Trinajstić information content (AvgIpc) is 2.78. The molecule has 2 aromatic rings.